The number of halogens is 4. The van der Waals surface area contributed by atoms with E-state index in [0.29, 0.717) is 19.4 Å². The highest BCUT2D eigenvalue weighted by molar-refractivity contribution is 6.34. The minimum atomic E-state index is -4.55. The molecular formula is C17H16ClF3N4O4. The number of nitro benzene ring substituents is 1. The van der Waals surface area contributed by atoms with Crippen LogP contribution in [0.3, 0.4) is 0 Å². The molecule has 0 bridgehead atoms. The topological polar surface area (TPSA) is 90.5 Å². The predicted octanol–water partition coefficient (Wildman–Crippen LogP) is 4.09. The number of anilines is 1. The first-order valence-corrected chi connectivity index (χ1v) is 8.93. The van der Waals surface area contributed by atoms with Gasteiger partial charge in [0.05, 0.1) is 28.7 Å². The second kappa shape index (κ2) is 7.90. The van der Waals surface area contributed by atoms with Crippen molar-refractivity contribution in [1.29, 1.82) is 0 Å². The quantitative estimate of drug-likeness (QED) is 0.410. The number of rotatable bonds is 4. The number of benzene rings is 1. The van der Waals surface area contributed by atoms with Crippen LogP contribution < -0.4 is 4.90 Å². The minimum absolute atomic E-state index is 0.0157. The number of nitro groups is 1. The lowest BCUT2D eigenvalue weighted by Gasteiger charge is -2.34. The Labute approximate surface area is 167 Å². The van der Waals surface area contributed by atoms with Gasteiger partial charge in [-0.05, 0) is 25.0 Å². The van der Waals surface area contributed by atoms with Crippen molar-refractivity contribution in [3.63, 3.8) is 0 Å². The second-order valence-electron chi connectivity index (χ2n) is 6.49. The molecule has 0 aliphatic carbocycles. The summed E-state index contributed by atoms with van der Waals surface area (Å²) in [7, 11) is 1.13. The Morgan fingerprint density at radius 2 is 2.14 bits per heavy atom. The van der Waals surface area contributed by atoms with E-state index in [0.717, 1.165) is 19.2 Å². The summed E-state index contributed by atoms with van der Waals surface area (Å²) in [5, 5.41) is 15.1. The Morgan fingerprint density at radius 1 is 1.41 bits per heavy atom. The zero-order valence-corrected chi connectivity index (χ0v) is 15.9. The molecule has 12 heteroatoms. The standard InChI is InChI=1S/C17H16ClF3N4O4/c1-29-16(26)11-7-14(25(27)28)13(8-12(11)18)23-5-2-3-10(9-23)24-6-4-15(22-24)17(19,20)21/h4,6-8,10H,2-3,5,9H2,1H3. The van der Waals surface area contributed by atoms with Crippen LogP contribution in [0.4, 0.5) is 24.5 Å². The number of nitrogens with zero attached hydrogens (tertiary/aromatic N) is 4. The number of carbonyl (C=O) groups excluding carboxylic acids is 1. The highest BCUT2D eigenvalue weighted by Crippen LogP contribution is 2.37. The van der Waals surface area contributed by atoms with Crippen molar-refractivity contribution in [1.82, 2.24) is 9.78 Å². The zero-order valence-electron chi connectivity index (χ0n) is 15.1. The Hall–Kier alpha value is -2.82. The van der Waals surface area contributed by atoms with E-state index in [9.17, 15) is 28.1 Å². The molecule has 2 heterocycles. The predicted molar refractivity (Wildman–Crippen MR) is 97.2 cm³/mol. The highest BCUT2D eigenvalue weighted by atomic mass is 35.5. The number of esters is 1. The Morgan fingerprint density at radius 3 is 2.72 bits per heavy atom. The van der Waals surface area contributed by atoms with E-state index < -0.39 is 28.8 Å². The van der Waals surface area contributed by atoms with E-state index >= 15 is 0 Å². The van der Waals surface area contributed by atoms with Gasteiger partial charge < -0.3 is 9.64 Å². The summed E-state index contributed by atoms with van der Waals surface area (Å²) in [5.74, 6) is -0.808. The molecule has 1 fully saturated rings. The maximum atomic E-state index is 12.8. The summed E-state index contributed by atoms with van der Waals surface area (Å²) in [6.45, 7) is 0.645. The van der Waals surface area contributed by atoms with Gasteiger partial charge in [-0.3, -0.25) is 14.8 Å². The van der Waals surface area contributed by atoms with Gasteiger partial charge in [0.1, 0.15) is 5.69 Å². The molecule has 1 aliphatic heterocycles. The summed E-state index contributed by atoms with van der Waals surface area (Å²) in [6, 6.07) is 2.84. The van der Waals surface area contributed by atoms with Gasteiger partial charge >= 0.3 is 12.1 Å². The third-order valence-corrected chi connectivity index (χ3v) is 4.99. The lowest BCUT2D eigenvalue weighted by atomic mass is 10.0. The van der Waals surface area contributed by atoms with Crippen LogP contribution in [0.1, 0.15) is 34.9 Å². The average Bonchev–Trinajstić information content (AvgIpc) is 3.18. The molecule has 1 atom stereocenters. The van der Waals surface area contributed by atoms with E-state index in [-0.39, 0.29) is 28.5 Å². The van der Waals surface area contributed by atoms with Crippen molar-refractivity contribution in [2.24, 2.45) is 0 Å². The first-order chi connectivity index (χ1) is 13.6. The first kappa shape index (κ1) is 20.9. The van der Waals surface area contributed by atoms with E-state index in [4.69, 9.17) is 11.6 Å². The van der Waals surface area contributed by atoms with E-state index in [1.54, 1.807) is 4.90 Å². The molecule has 1 aromatic heterocycles. The lowest BCUT2D eigenvalue weighted by molar-refractivity contribution is -0.384. The third-order valence-electron chi connectivity index (χ3n) is 4.68. The number of methoxy groups -OCH3 is 1. The van der Waals surface area contributed by atoms with E-state index in [1.807, 2.05) is 0 Å². The van der Waals surface area contributed by atoms with E-state index in [2.05, 4.69) is 9.84 Å². The molecule has 1 aliphatic rings. The second-order valence-corrected chi connectivity index (χ2v) is 6.90. The van der Waals surface area contributed by atoms with Crippen molar-refractivity contribution in [3.8, 4) is 0 Å². The van der Waals surface area contributed by atoms with Crippen molar-refractivity contribution < 1.29 is 27.6 Å². The molecule has 8 nitrogen and oxygen atoms in total. The highest BCUT2D eigenvalue weighted by Gasteiger charge is 2.35. The van der Waals surface area contributed by atoms with Crippen LogP contribution in [0.5, 0.6) is 0 Å². The van der Waals surface area contributed by atoms with E-state index in [1.165, 1.54) is 16.9 Å². The van der Waals surface area contributed by atoms with Gasteiger partial charge in [0.25, 0.3) is 5.69 Å². The SMILES string of the molecule is COC(=O)c1cc([N+](=O)[O-])c(N2CCCC(n3ccc(C(F)(F)F)n3)C2)cc1Cl. The van der Waals surface area contributed by atoms with Gasteiger partial charge in [-0.1, -0.05) is 11.6 Å². The molecule has 0 saturated carbocycles. The molecule has 0 amide bonds. The van der Waals surface area contributed by atoms with Crippen LogP contribution in [0, 0.1) is 10.1 Å². The maximum Gasteiger partial charge on any atom is 0.435 e. The summed E-state index contributed by atoms with van der Waals surface area (Å²) >= 11 is 6.11. The van der Waals surface area contributed by atoms with Gasteiger partial charge in [0.15, 0.2) is 5.69 Å². The van der Waals surface area contributed by atoms with Crippen LogP contribution in [0.15, 0.2) is 24.4 Å². The number of aromatic nitrogens is 2. The van der Waals surface area contributed by atoms with Gasteiger partial charge in [-0.15, -0.1) is 0 Å². The number of ether oxygens (including phenoxy) is 1. The van der Waals surface area contributed by atoms with Gasteiger partial charge in [0.2, 0.25) is 0 Å². The molecule has 3 rings (SSSR count). The number of hydrogen-bond donors (Lipinski definition) is 0. The van der Waals surface area contributed by atoms with Crippen molar-refractivity contribution in [3.05, 3.63) is 50.8 Å². The lowest BCUT2D eigenvalue weighted by Crippen LogP contribution is -2.37. The molecular weight excluding hydrogens is 417 g/mol. The summed E-state index contributed by atoms with van der Waals surface area (Å²) in [6.07, 6.45) is -2.15. The number of alkyl halides is 3. The number of carbonyl (C=O) groups is 1. The molecule has 1 saturated heterocycles. The molecule has 2 aromatic rings. The first-order valence-electron chi connectivity index (χ1n) is 8.55. The molecule has 1 aromatic carbocycles. The Kier molecular flexibility index (Phi) is 5.69. The van der Waals surface area contributed by atoms with Crippen LogP contribution >= 0.6 is 11.6 Å². The smallest absolute Gasteiger partial charge is 0.435 e. The normalized spacial score (nSPS) is 17.3. The largest absolute Gasteiger partial charge is 0.465 e. The fourth-order valence-corrected chi connectivity index (χ4v) is 3.53. The van der Waals surface area contributed by atoms with Crippen molar-refractivity contribution in [2.45, 2.75) is 25.1 Å². The Bertz CT molecular complexity index is 947. The third kappa shape index (κ3) is 4.29. The summed E-state index contributed by atoms with van der Waals surface area (Å²) in [5.41, 5.74) is -1.29. The molecule has 156 valence electrons. The van der Waals surface area contributed by atoms with Crippen LogP contribution in [-0.4, -0.2) is 40.9 Å². The zero-order chi connectivity index (χ0) is 21.3. The molecule has 0 radical (unpaired) electrons. The molecule has 0 N–H and O–H groups in total. The van der Waals surface area contributed by atoms with Crippen LogP contribution in [0.25, 0.3) is 0 Å². The average molecular weight is 433 g/mol. The van der Waals surface area contributed by atoms with Gasteiger partial charge in [-0.25, -0.2) is 4.79 Å². The maximum absolute atomic E-state index is 12.8. The summed E-state index contributed by atoms with van der Waals surface area (Å²) in [4.78, 5) is 24.3. The van der Waals surface area contributed by atoms with Gasteiger partial charge in [-0.2, -0.15) is 18.3 Å². The Balaban J connectivity index is 1.92. The molecule has 29 heavy (non-hydrogen) atoms. The van der Waals surface area contributed by atoms with Gasteiger partial charge in [0, 0.05) is 25.4 Å². The summed E-state index contributed by atoms with van der Waals surface area (Å²) < 4.78 is 44.3. The van der Waals surface area contributed by atoms with Crippen LogP contribution in [0.2, 0.25) is 5.02 Å². The van der Waals surface area contributed by atoms with Crippen molar-refractivity contribution >= 4 is 28.9 Å². The number of hydrogen-bond acceptors (Lipinski definition) is 6. The minimum Gasteiger partial charge on any atom is -0.465 e. The monoisotopic (exact) mass is 432 g/mol. The fourth-order valence-electron chi connectivity index (χ4n) is 3.30. The molecule has 0 spiro atoms. The number of piperidine rings is 1. The fraction of sp³-hybridized carbons (Fsp3) is 0.412. The van der Waals surface area contributed by atoms with Crippen LogP contribution in [-0.2, 0) is 10.9 Å². The molecule has 1 unspecified atom stereocenters. The van der Waals surface area contributed by atoms with Crippen molar-refractivity contribution in [2.75, 3.05) is 25.1 Å².